The van der Waals surface area contributed by atoms with Crippen molar-refractivity contribution in [2.45, 2.75) is 52.7 Å². The Morgan fingerprint density at radius 3 is 2.24 bits per heavy atom. The van der Waals surface area contributed by atoms with Crippen LogP contribution in [0.5, 0.6) is 11.5 Å². The zero-order valence-corrected chi connectivity index (χ0v) is 16.7. The number of benzene rings is 2. The number of rotatable bonds is 0. The van der Waals surface area contributed by atoms with Crippen molar-refractivity contribution in [3.63, 3.8) is 0 Å². The van der Waals surface area contributed by atoms with E-state index in [9.17, 15) is 0 Å². The second kappa shape index (κ2) is 6.79. The van der Waals surface area contributed by atoms with Crippen LogP contribution in [0.4, 0.5) is 11.4 Å². The summed E-state index contributed by atoms with van der Waals surface area (Å²) in [5.74, 6) is 1.76. The molecule has 4 rings (SSSR count). The molecule has 2 aromatic rings. The SMILES string of the molecule is Cc1cc(N)c2c(c1)C[C@H](C)O2.Cc1cc(N)c2c(c1Br)C[C@H](C)O2. The lowest BCUT2D eigenvalue weighted by Crippen LogP contribution is -2.05. The number of nitrogen functional groups attached to an aromatic ring is 2. The van der Waals surface area contributed by atoms with Crippen LogP contribution >= 0.6 is 15.9 Å². The van der Waals surface area contributed by atoms with Gasteiger partial charge in [0.15, 0.2) is 0 Å². The topological polar surface area (TPSA) is 70.5 Å². The highest BCUT2D eigenvalue weighted by molar-refractivity contribution is 9.10. The Hall–Kier alpha value is -1.88. The second-order valence-corrected chi connectivity index (χ2v) is 7.80. The van der Waals surface area contributed by atoms with Crippen molar-refractivity contribution in [2.75, 3.05) is 11.5 Å². The van der Waals surface area contributed by atoms with E-state index in [2.05, 4.69) is 42.8 Å². The van der Waals surface area contributed by atoms with E-state index in [1.807, 2.05) is 19.1 Å². The Morgan fingerprint density at radius 2 is 1.52 bits per heavy atom. The molecule has 2 heterocycles. The van der Waals surface area contributed by atoms with Crippen molar-refractivity contribution in [1.29, 1.82) is 0 Å². The average molecular weight is 405 g/mol. The van der Waals surface area contributed by atoms with Gasteiger partial charge in [-0.2, -0.15) is 0 Å². The molecular formula is C20H25BrN2O2. The van der Waals surface area contributed by atoms with Gasteiger partial charge in [0.1, 0.15) is 23.7 Å². The lowest BCUT2D eigenvalue weighted by atomic mass is 10.1. The standard InChI is InChI=1S/C10H12BrNO.C10H13NO/c1-5-3-8(12)10-7(9(5)11)4-6(2)13-10;1-6-3-8-5-7(2)12-10(8)9(11)4-6/h3,6H,4,12H2,1-2H3;3-4,7H,5,11H2,1-2H3/t6-;7-/m00/s1. The van der Waals surface area contributed by atoms with Crippen molar-refractivity contribution < 1.29 is 9.47 Å². The molecule has 0 spiro atoms. The molecule has 2 aliphatic rings. The molecule has 0 aliphatic carbocycles. The van der Waals surface area contributed by atoms with E-state index in [1.54, 1.807) is 0 Å². The van der Waals surface area contributed by atoms with Crippen LogP contribution in [0.2, 0.25) is 0 Å². The quantitative estimate of drug-likeness (QED) is 0.631. The number of fused-ring (bicyclic) bond motifs is 2. The van der Waals surface area contributed by atoms with Crippen LogP contribution < -0.4 is 20.9 Å². The van der Waals surface area contributed by atoms with Crippen molar-refractivity contribution in [1.82, 2.24) is 0 Å². The maximum Gasteiger partial charge on any atom is 0.147 e. The minimum Gasteiger partial charge on any atom is -0.488 e. The van der Waals surface area contributed by atoms with E-state index < -0.39 is 0 Å². The molecule has 5 heteroatoms. The van der Waals surface area contributed by atoms with Crippen LogP contribution in [0.15, 0.2) is 22.7 Å². The largest absolute Gasteiger partial charge is 0.488 e. The zero-order valence-electron chi connectivity index (χ0n) is 15.2. The smallest absolute Gasteiger partial charge is 0.147 e. The van der Waals surface area contributed by atoms with Gasteiger partial charge < -0.3 is 20.9 Å². The molecule has 134 valence electrons. The minimum atomic E-state index is 0.246. The van der Waals surface area contributed by atoms with Gasteiger partial charge in [0.05, 0.1) is 11.4 Å². The maximum atomic E-state index is 5.86. The first-order valence-electron chi connectivity index (χ1n) is 8.56. The van der Waals surface area contributed by atoms with Gasteiger partial charge in [-0.3, -0.25) is 0 Å². The molecule has 0 unspecified atom stereocenters. The normalized spacial score (nSPS) is 20.0. The summed E-state index contributed by atoms with van der Waals surface area (Å²) in [6.07, 6.45) is 2.46. The number of hydrogen-bond donors (Lipinski definition) is 2. The number of ether oxygens (including phenoxy) is 2. The number of hydrogen-bond acceptors (Lipinski definition) is 4. The van der Waals surface area contributed by atoms with Crippen molar-refractivity contribution in [3.8, 4) is 11.5 Å². The van der Waals surface area contributed by atoms with Crippen LogP contribution in [0.3, 0.4) is 0 Å². The van der Waals surface area contributed by atoms with E-state index in [4.69, 9.17) is 20.9 Å². The Balaban J connectivity index is 0.000000146. The third-order valence-corrected chi connectivity index (χ3v) is 5.60. The molecule has 0 saturated carbocycles. The highest BCUT2D eigenvalue weighted by Crippen LogP contribution is 2.41. The molecule has 0 amide bonds. The molecule has 0 saturated heterocycles. The van der Waals surface area contributed by atoms with E-state index in [0.29, 0.717) is 0 Å². The van der Waals surface area contributed by atoms with Gasteiger partial charge in [0, 0.05) is 28.4 Å². The van der Waals surface area contributed by atoms with E-state index >= 15 is 0 Å². The third kappa shape index (κ3) is 3.56. The molecule has 2 aromatic carbocycles. The maximum absolute atomic E-state index is 5.86. The van der Waals surface area contributed by atoms with Gasteiger partial charge in [-0.15, -0.1) is 0 Å². The minimum absolute atomic E-state index is 0.246. The predicted octanol–water partition coefficient (Wildman–Crippen LogP) is 4.56. The third-order valence-electron chi connectivity index (χ3n) is 4.50. The molecule has 2 aliphatic heterocycles. The fourth-order valence-electron chi connectivity index (χ4n) is 3.45. The highest BCUT2D eigenvalue weighted by atomic mass is 79.9. The summed E-state index contributed by atoms with van der Waals surface area (Å²) in [5.41, 5.74) is 18.0. The van der Waals surface area contributed by atoms with E-state index in [-0.39, 0.29) is 12.2 Å². The molecular weight excluding hydrogens is 380 g/mol. The van der Waals surface area contributed by atoms with Gasteiger partial charge in [0.2, 0.25) is 0 Å². The summed E-state index contributed by atoms with van der Waals surface area (Å²) in [6.45, 7) is 8.22. The van der Waals surface area contributed by atoms with Crippen LogP contribution in [0.25, 0.3) is 0 Å². The van der Waals surface area contributed by atoms with Crippen LogP contribution in [0, 0.1) is 13.8 Å². The van der Waals surface area contributed by atoms with Gasteiger partial charge in [0.25, 0.3) is 0 Å². The first kappa shape index (κ1) is 17.9. The summed E-state index contributed by atoms with van der Waals surface area (Å²) < 4.78 is 12.3. The van der Waals surface area contributed by atoms with Gasteiger partial charge in [-0.25, -0.2) is 0 Å². The highest BCUT2D eigenvalue weighted by Gasteiger charge is 2.24. The number of halogens is 1. The summed E-state index contributed by atoms with van der Waals surface area (Å²) in [4.78, 5) is 0. The summed E-state index contributed by atoms with van der Waals surface area (Å²) >= 11 is 3.56. The van der Waals surface area contributed by atoms with E-state index in [0.717, 1.165) is 40.2 Å². The molecule has 4 nitrogen and oxygen atoms in total. The Kier molecular flexibility index (Phi) is 4.87. The van der Waals surface area contributed by atoms with Crippen molar-refractivity contribution in [3.05, 3.63) is 44.9 Å². The molecule has 25 heavy (non-hydrogen) atoms. The lowest BCUT2D eigenvalue weighted by molar-refractivity contribution is 0.255. The van der Waals surface area contributed by atoms with Crippen LogP contribution in [-0.2, 0) is 12.8 Å². The Bertz CT molecular complexity index is 820. The molecule has 0 aromatic heterocycles. The van der Waals surface area contributed by atoms with E-state index in [1.165, 1.54) is 22.3 Å². The van der Waals surface area contributed by atoms with Crippen LogP contribution in [0.1, 0.15) is 36.1 Å². The molecule has 2 atom stereocenters. The van der Waals surface area contributed by atoms with Gasteiger partial charge >= 0.3 is 0 Å². The Morgan fingerprint density at radius 1 is 0.920 bits per heavy atom. The number of aryl methyl sites for hydroxylation is 2. The fraction of sp³-hybridized carbons (Fsp3) is 0.400. The van der Waals surface area contributed by atoms with Gasteiger partial charge in [-0.05, 0) is 51.0 Å². The number of anilines is 2. The summed E-state index contributed by atoms with van der Waals surface area (Å²) in [5, 5.41) is 0. The summed E-state index contributed by atoms with van der Waals surface area (Å²) in [7, 11) is 0. The first-order chi connectivity index (χ1) is 11.8. The zero-order chi connectivity index (χ0) is 18.3. The molecule has 0 bridgehead atoms. The monoisotopic (exact) mass is 404 g/mol. The summed E-state index contributed by atoms with van der Waals surface area (Å²) in [6, 6.07) is 6.05. The van der Waals surface area contributed by atoms with Gasteiger partial charge in [-0.1, -0.05) is 22.0 Å². The van der Waals surface area contributed by atoms with Crippen LogP contribution in [-0.4, -0.2) is 12.2 Å². The molecule has 0 radical (unpaired) electrons. The Labute approximate surface area is 157 Å². The van der Waals surface area contributed by atoms with Crippen molar-refractivity contribution >= 4 is 27.3 Å². The number of nitrogens with two attached hydrogens (primary N) is 2. The first-order valence-corrected chi connectivity index (χ1v) is 9.35. The average Bonchev–Trinajstić information content (AvgIpc) is 3.08. The lowest BCUT2D eigenvalue weighted by Gasteiger charge is -2.08. The predicted molar refractivity (Wildman–Crippen MR) is 106 cm³/mol. The van der Waals surface area contributed by atoms with Crippen molar-refractivity contribution in [2.24, 2.45) is 0 Å². The second-order valence-electron chi connectivity index (χ2n) is 7.01. The fourth-order valence-corrected chi connectivity index (χ4v) is 3.91. The molecule has 0 fully saturated rings. The molecule has 4 N–H and O–H groups in total.